The Labute approximate surface area is 384 Å². The molecule has 5 aromatic rings. The number of carbonyl (C=O) groups is 6. The number of azo groups is 2. The molecule has 0 bridgehead atoms. The van der Waals surface area contributed by atoms with E-state index in [2.05, 4.69) is 41.7 Å². The maximum atomic E-state index is 13.3. The molecule has 62 heavy (non-hydrogen) atoms. The molecule has 0 spiro atoms. The predicted octanol–water partition coefficient (Wildman–Crippen LogP) is 11.6. The van der Waals surface area contributed by atoms with E-state index in [1.807, 2.05) is 0 Å². The summed E-state index contributed by atoms with van der Waals surface area (Å²) in [6.07, 6.45) is 0. The first-order chi connectivity index (χ1) is 29.6. The van der Waals surface area contributed by atoms with Crippen LogP contribution in [0, 0.1) is 0 Å². The molecular weight excluding hydrogens is 925 g/mol. The highest BCUT2D eigenvalue weighted by Gasteiger charge is 2.27. The molecular formula is C42H32Cl6N8O6. The van der Waals surface area contributed by atoms with Gasteiger partial charge in [-0.3, -0.25) is 28.8 Å². The summed E-state index contributed by atoms with van der Waals surface area (Å²) in [5.74, 6) is -3.82. The van der Waals surface area contributed by atoms with E-state index in [1.54, 1.807) is 48.5 Å². The highest BCUT2D eigenvalue weighted by Crippen LogP contribution is 2.34. The first kappa shape index (κ1) is 47.3. The third-order valence-corrected chi connectivity index (χ3v) is 10.4. The molecule has 20 heteroatoms. The molecule has 2 unspecified atom stereocenters. The van der Waals surface area contributed by atoms with Crippen LogP contribution in [0.1, 0.15) is 45.7 Å². The summed E-state index contributed by atoms with van der Waals surface area (Å²) >= 11 is 37.3. The number of nitrogens with zero attached hydrogens (tertiary/aromatic N) is 4. The zero-order chi connectivity index (χ0) is 45.1. The van der Waals surface area contributed by atoms with Gasteiger partial charge in [0.15, 0.2) is 11.6 Å². The SMILES string of the molecule is CC(=O)C(N=Nc1ccc(Cl)c(C(=O)Nc2cccc(CCl)c2)c1)C(=O)Nc1cc(Cl)c(NC(=O)C(N=Nc2ccc(Cl)c(C(=O)Nc3cccc(CCl)c3)c2)C(C)=O)cc1Cl. The van der Waals surface area contributed by atoms with Crippen LogP contribution in [-0.4, -0.2) is 47.3 Å². The van der Waals surface area contributed by atoms with Crippen molar-refractivity contribution in [3.63, 3.8) is 0 Å². The molecule has 0 radical (unpaired) electrons. The Bertz CT molecular complexity index is 2460. The second-order valence-corrected chi connectivity index (χ2v) is 15.3. The lowest BCUT2D eigenvalue weighted by Crippen LogP contribution is -2.32. The lowest BCUT2D eigenvalue weighted by atomic mass is 10.1. The number of rotatable bonds is 16. The number of Topliss-reactive ketones (excluding diaryl/α,β-unsaturated/α-hetero) is 2. The van der Waals surface area contributed by atoms with E-state index in [4.69, 9.17) is 69.6 Å². The van der Waals surface area contributed by atoms with Crippen molar-refractivity contribution in [3.8, 4) is 0 Å². The van der Waals surface area contributed by atoms with E-state index >= 15 is 0 Å². The third kappa shape index (κ3) is 12.7. The Morgan fingerprint density at radius 2 is 0.887 bits per heavy atom. The minimum absolute atomic E-state index is 0.0532. The molecule has 0 saturated carbocycles. The molecule has 0 aliphatic rings. The Morgan fingerprint density at radius 3 is 1.24 bits per heavy atom. The number of amides is 4. The highest BCUT2D eigenvalue weighted by molar-refractivity contribution is 6.38. The predicted molar refractivity (Wildman–Crippen MR) is 242 cm³/mol. The third-order valence-electron chi connectivity index (χ3n) is 8.48. The Kier molecular flexibility index (Phi) is 16.7. The molecule has 2 atom stereocenters. The Balaban J connectivity index is 1.25. The van der Waals surface area contributed by atoms with Crippen LogP contribution in [0.25, 0.3) is 0 Å². The van der Waals surface area contributed by atoms with Gasteiger partial charge in [-0.15, -0.1) is 23.2 Å². The summed E-state index contributed by atoms with van der Waals surface area (Å²) in [5.41, 5.74) is 2.78. The van der Waals surface area contributed by atoms with Crippen LogP contribution < -0.4 is 21.3 Å². The van der Waals surface area contributed by atoms with Crippen LogP contribution in [-0.2, 0) is 30.9 Å². The quantitative estimate of drug-likeness (QED) is 0.0431. The number of nitrogens with one attached hydrogen (secondary N) is 4. The van der Waals surface area contributed by atoms with E-state index in [0.717, 1.165) is 25.0 Å². The number of ketones is 2. The topological polar surface area (TPSA) is 200 Å². The fourth-order valence-corrected chi connectivity index (χ4v) is 6.55. The normalized spacial score (nSPS) is 12.1. The van der Waals surface area contributed by atoms with Gasteiger partial charge in [0.1, 0.15) is 0 Å². The number of hydrogen-bond donors (Lipinski definition) is 4. The van der Waals surface area contributed by atoms with Crippen LogP contribution in [0.15, 0.2) is 118 Å². The molecule has 4 amide bonds. The smallest absolute Gasteiger partial charge is 0.258 e. The average Bonchev–Trinajstić information content (AvgIpc) is 3.23. The number of anilines is 4. The molecule has 318 valence electrons. The molecule has 0 aliphatic carbocycles. The van der Waals surface area contributed by atoms with Crippen molar-refractivity contribution in [2.24, 2.45) is 20.5 Å². The van der Waals surface area contributed by atoms with Gasteiger partial charge in [-0.2, -0.15) is 20.5 Å². The van der Waals surface area contributed by atoms with Crippen molar-refractivity contribution in [3.05, 3.63) is 139 Å². The van der Waals surface area contributed by atoms with Crippen molar-refractivity contribution >= 4 is 139 Å². The van der Waals surface area contributed by atoms with Crippen LogP contribution in [0.5, 0.6) is 0 Å². The standard InChI is InChI=1S/C42H32Cl6N8O6/c1-21(57)37(55-53-27-9-11-31(45)29(15-27)39(59)49-25-7-3-5-23(13-25)19-43)41(61)51-35-17-34(48)36(18-33(35)47)52-42(62)38(22(2)58)56-54-28-10-12-32(46)30(16-28)40(60)50-26-8-4-6-24(14-26)20-44/h3-18,37-38H,19-20H2,1-2H3,(H,49,59)(H,50,60)(H,51,61)(H,52,62). The number of hydrogen-bond acceptors (Lipinski definition) is 10. The highest BCUT2D eigenvalue weighted by atomic mass is 35.5. The maximum absolute atomic E-state index is 13.3. The molecule has 5 rings (SSSR count). The second-order valence-electron chi connectivity index (χ2n) is 13.2. The van der Waals surface area contributed by atoms with E-state index in [9.17, 15) is 28.8 Å². The molecule has 0 fully saturated rings. The van der Waals surface area contributed by atoms with Crippen molar-refractivity contribution in [2.45, 2.75) is 37.7 Å². The molecule has 0 aliphatic heterocycles. The fraction of sp³-hybridized carbons (Fsp3) is 0.143. The molecule has 0 heterocycles. The summed E-state index contributed by atoms with van der Waals surface area (Å²) in [5, 5.41) is 26.2. The number of alkyl halides is 2. The lowest BCUT2D eigenvalue weighted by molar-refractivity contribution is -0.127. The minimum Gasteiger partial charge on any atom is -0.322 e. The fourth-order valence-electron chi connectivity index (χ4n) is 5.39. The molecule has 0 saturated heterocycles. The van der Waals surface area contributed by atoms with Gasteiger partial charge in [-0.1, -0.05) is 70.7 Å². The zero-order valence-electron chi connectivity index (χ0n) is 32.3. The van der Waals surface area contributed by atoms with Gasteiger partial charge >= 0.3 is 0 Å². The van der Waals surface area contributed by atoms with Crippen LogP contribution >= 0.6 is 69.6 Å². The Hall–Kier alpha value is -5.74. The van der Waals surface area contributed by atoms with Gasteiger partial charge in [-0.25, -0.2) is 0 Å². The number of halogens is 6. The zero-order valence-corrected chi connectivity index (χ0v) is 36.8. The first-order valence-electron chi connectivity index (χ1n) is 18.0. The number of benzene rings is 5. The summed E-state index contributed by atoms with van der Waals surface area (Å²) in [4.78, 5) is 77.7. The van der Waals surface area contributed by atoms with Crippen LogP contribution in [0.3, 0.4) is 0 Å². The molecule has 0 aromatic heterocycles. The number of carbonyl (C=O) groups excluding carboxylic acids is 6. The van der Waals surface area contributed by atoms with E-state index in [-0.39, 0.29) is 65.7 Å². The lowest BCUT2D eigenvalue weighted by Gasteiger charge is -2.15. The van der Waals surface area contributed by atoms with Gasteiger partial charge < -0.3 is 21.3 Å². The van der Waals surface area contributed by atoms with Gasteiger partial charge in [0.2, 0.25) is 12.1 Å². The Morgan fingerprint density at radius 1 is 0.500 bits per heavy atom. The summed E-state index contributed by atoms with van der Waals surface area (Å²) in [7, 11) is 0. The minimum atomic E-state index is -1.66. The van der Waals surface area contributed by atoms with E-state index in [1.165, 1.54) is 48.5 Å². The summed E-state index contributed by atoms with van der Waals surface area (Å²) in [6, 6.07) is 21.3. The molecule has 5 aromatic carbocycles. The van der Waals surface area contributed by atoms with Crippen molar-refractivity contribution in [1.82, 2.24) is 0 Å². The van der Waals surface area contributed by atoms with Crippen LogP contribution in [0.4, 0.5) is 34.1 Å². The van der Waals surface area contributed by atoms with E-state index < -0.39 is 47.3 Å². The van der Waals surface area contributed by atoms with Crippen molar-refractivity contribution in [2.75, 3.05) is 21.3 Å². The molecule has 4 N–H and O–H groups in total. The molecule has 14 nitrogen and oxygen atoms in total. The first-order valence-corrected chi connectivity index (χ1v) is 20.6. The second kappa shape index (κ2) is 21.9. The maximum Gasteiger partial charge on any atom is 0.258 e. The van der Waals surface area contributed by atoms with Gasteiger partial charge in [-0.05, 0) is 97.8 Å². The van der Waals surface area contributed by atoms with Crippen molar-refractivity contribution < 1.29 is 28.8 Å². The van der Waals surface area contributed by atoms with Gasteiger partial charge in [0.25, 0.3) is 23.6 Å². The monoisotopic (exact) mass is 954 g/mol. The van der Waals surface area contributed by atoms with E-state index in [0.29, 0.717) is 11.4 Å². The summed E-state index contributed by atoms with van der Waals surface area (Å²) < 4.78 is 0. The summed E-state index contributed by atoms with van der Waals surface area (Å²) in [6.45, 7) is 2.25. The van der Waals surface area contributed by atoms with Crippen molar-refractivity contribution in [1.29, 1.82) is 0 Å². The average molecular weight is 957 g/mol. The largest absolute Gasteiger partial charge is 0.322 e. The van der Waals surface area contributed by atoms with Gasteiger partial charge in [0, 0.05) is 23.1 Å². The van der Waals surface area contributed by atoms with Crippen LogP contribution in [0.2, 0.25) is 20.1 Å². The van der Waals surface area contributed by atoms with Gasteiger partial charge in [0.05, 0.1) is 54.0 Å².